The number of hydrogen-bond donors (Lipinski definition) is 2. The zero-order valence-electron chi connectivity index (χ0n) is 14.6. The number of anilines is 2. The number of rotatable bonds is 3. The maximum absolute atomic E-state index is 5.74. The van der Waals surface area contributed by atoms with Crippen molar-refractivity contribution in [2.75, 3.05) is 18.6 Å². The molecule has 3 aromatic heterocycles. The third-order valence-corrected chi connectivity index (χ3v) is 3.51. The van der Waals surface area contributed by atoms with Gasteiger partial charge in [-0.2, -0.15) is 4.98 Å². The summed E-state index contributed by atoms with van der Waals surface area (Å²) >= 11 is 0. The molecule has 0 atom stereocenters. The second-order valence-corrected chi connectivity index (χ2v) is 6.49. The molecule has 4 N–H and O–H groups in total. The van der Waals surface area contributed by atoms with Gasteiger partial charge in [-0.05, 0) is 6.07 Å². The van der Waals surface area contributed by atoms with Gasteiger partial charge in [-0.15, -0.1) is 0 Å². The van der Waals surface area contributed by atoms with Crippen LogP contribution in [0.3, 0.4) is 0 Å². The summed E-state index contributed by atoms with van der Waals surface area (Å²) in [5, 5.41) is 0. The molecule has 0 saturated heterocycles. The highest BCUT2D eigenvalue weighted by Crippen LogP contribution is 2.29. The summed E-state index contributed by atoms with van der Waals surface area (Å²) in [7, 11) is 1.49. The van der Waals surface area contributed by atoms with E-state index in [1.54, 1.807) is 18.5 Å². The Morgan fingerprint density at radius 2 is 1.80 bits per heavy atom. The first-order valence-corrected chi connectivity index (χ1v) is 7.65. The van der Waals surface area contributed by atoms with Gasteiger partial charge in [-0.3, -0.25) is 4.57 Å². The lowest BCUT2D eigenvalue weighted by atomic mass is 9.95. The number of nitrogens with two attached hydrogens (primary N) is 2. The first-order valence-electron chi connectivity index (χ1n) is 7.65. The Labute approximate surface area is 145 Å². The van der Waals surface area contributed by atoms with Crippen LogP contribution in [0.1, 0.15) is 26.6 Å². The minimum atomic E-state index is -0.233. The van der Waals surface area contributed by atoms with E-state index in [1.807, 2.05) is 10.8 Å². The molecule has 3 rings (SSSR count). The Morgan fingerprint density at radius 1 is 1.04 bits per heavy atom. The molecule has 0 fully saturated rings. The lowest BCUT2D eigenvalue weighted by Gasteiger charge is -2.19. The van der Waals surface area contributed by atoms with Crippen LogP contribution in [0.2, 0.25) is 0 Å². The molecule has 0 unspecified atom stereocenters. The van der Waals surface area contributed by atoms with Crippen molar-refractivity contribution >= 4 is 11.8 Å². The largest absolute Gasteiger partial charge is 0.478 e. The minimum absolute atomic E-state index is 0.196. The Kier molecular flexibility index (Phi) is 3.99. The normalized spacial score (nSPS) is 11.5. The van der Waals surface area contributed by atoms with Gasteiger partial charge in [0, 0.05) is 17.8 Å². The molecule has 0 saturated carbocycles. The molecule has 25 heavy (non-hydrogen) atoms. The number of hydrogen-bond acceptors (Lipinski definition) is 8. The fourth-order valence-corrected chi connectivity index (χ4v) is 2.36. The van der Waals surface area contributed by atoms with Gasteiger partial charge in [0.2, 0.25) is 5.95 Å². The molecule has 0 aliphatic rings. The van der Waals surface area contributed by atoms with E-state index >= 15 is 0 Å². The van der Waals surface area contributed by atoms with E-state index in [1.165, 1.54) is 7.11 Å². The molecule has 0 radical (unpaired) electrons. The predicted molar refractivity (Wildman–Crippen MR) is 94.3 cm³/mol. The van der Waals surface area contributed by atoms with Crippen molar-refractivity contribution in [1.82, 2.24) is 29.5 Å². The maximum atomic E-state index is 5.74. The summed E-state index contributed by atoms with van der Waals surface area (Å²) < 4.78 is 7.01. The Balaban J connectivity index is 2.17. The molecule has 3 heterocycles. The zero-order chi connectivity index (χ0) is 18.2. The predicted octanol–water partition coefficient (Wildman–Crippen LogP) is 1.59. The van der Waals surface area contributed by atoms with E-state index in [9.17, 15) is 0 Å². The van der Waals surface area contributed by atoms with Crippen LogP contribution in [0.5, 0.6) is 5.88 Å². The zero-order valence-corrected chi connectivity index (χ0v) is 14.6. The van der Waals surface area contributed by atoms with Crippen LogP contribution >= 0.6 is 0 Å². The topological polar surface area (TPSA) is 131 Å². The Hall–Kier alpha value is -3.23. The van der Waals surface area contributed by atoms with E-state index in [-0.39, 0.29) is 23.1 Å². The third kappa shape index (κ3) is 3.21. The molecule has 0 bridgehead atoms. The van der Waals surface area contributed by atoms with Crippen molar-refractivity contribution < 1.29 is 4.74 Å². The highest BCUT2D eigenvalue weighted by Gasteiger charge is 2.24. The van der Waals surface area contributed by atoms with Crippen molar-refractivity contribution in [2.45, 2.75) is 26.2 Å². The second kappa shape index (κ2) is 6.00. The molecule has 3 aromatic rings. The Morgan fingerprint density at radius 3 is 2.44 bits per heavy atom. The average molecular weight is 340 g/mol. The summed E-state index contributed by atoms with van der Waals surface area (Å²) in [5.74, 6) is 2.12. The van der Waals surface area contributed by atoms with Gasteiger partial charge < -0.3 is 16.2 Å². The van der Waals surface area contributed by atoms with Gasteiger partial charge in [0.15, 0.2) is 5.82 Å². The summed E-state index contributed by atoms with van der Waals surface area (Å²) in [6.45, 7) is 6.19. The van der Waals surface area contributed by atoms with E-state index in [0.717, 1.165) is 5.82 Å². The molecule has 9 heteroatoms. The average Bonchev–Trinajstić information content (AvgIpc) is 3.01. The lowest BCUT2D eigenvalue weighted by Crippen LogP contribution is -2.18. The van der Waals surface area contributed by atoms with Crippen molar-refractivity contribution in [3.63, 3.8) is 0 Å². The molecule has 0 amide bonds. The van der Waals surface area contributed by atoms with Gasteiger partial charge in [-0.25, -0.2) is 19.9 Å². The van der Waals surface area contributed by atoms with E-state index in [4.69, 9.17) is 21.2 Å². The number of aromatic nitrogens is 6. The van der Waals surface area contributed by atoms with E-state index in [0.29, 0.717) is 17.2 Å². The SMILES string of the molecule is COc1nc(-c2cn(-c3ccnc(N)n3)c(C(C)(C)C)n2)cnc1N. The van der Waals surface area contributed by atoms with Crippen molar-refractivity contribution in [3.8, 4) is 23.1 Å². The van der Waals surface area contributed by atoms with Gasteiger partial charge in [0.1, 0.15) is 23.0 Å². The minimum Gasteiger partial charge on any atom is -0.478 e. The summed E-state index contributed by atoms with van der Waals surface area (Å²) in [6, 6.07) is 1.77. The van der Waals surface area contributed by atoms with Crippen molar-refractivity contribution in [1.29, 1.82) is 0 Å². The Bertz CT molecular complexity index is 913. The van der Waals surface area contributed by atoms with Crippen LogP contribution in [0.4, 0.5) is 11.8 Å². The second-order valence-electron chi connectivity index (χ2n) is 6.49. The van der Waals surface area contributed by atoms with E-state index < -0.39 is 0 Å². The molecule has 0 aliphatic carbocycles. The van der Waals surface area contributed by atoms with Crippen LogP contribution in [0, 0.1) is 0 Å². The monoisotopic (exact) mass is 340 g/mol. The number of nitrogen functional groups attached to an aromatic ring is 2. The standard InChI is InChI=1S/C16H20N8O/c1-16(2,3)14-22-10(9-7-20-12(17)13(21-9)25-4)8-24(14)11-5-6-19-15(18)23-11/h5-8H,1-4H3,(H2,17,20)(H2,18,19,23). The molecule has 9 nitrogen and oxygen atoms in total. The van der Waals surface area contributed by atoms with Gasteiger partial charge in [-0.1, -0.05) is 20.8 Å². The quantitative estimate of drug-likeness (QED) is 0.735. The van der Waals surface area contributed by atoms with Crippen LogP contribution < -0.4 is 16.2 Å². The summed E-state index contributed by atoms with van der Waals surface area (Å²) in [4.78, 5) is 21.4. The fourth-order valence-electron chi connectivity index (χ4n) is 2.36. The molecule has 0 spiro atoms. The lowest BCUT2D eigenvalue weighted by molar-refractivity contribution is 0.399. The van der Waals surface area contributed by atoms with Crippen LogP contribution in [0.15, 0.2) is 24.7 Å². The smallest absolute Gasteiger partial charge is 0.257 e. The summed E-state index contributed by atoms with van der Waals surface area (Å²) in [5.41, 5.74) is 12.4. The first-order chi connectivity index (χ1) is 11.8. The summed E-state index contributed by atoms with van der Waals surface area (Å²) in [6.07, 6.45) is 5.00. The van der Waals surface area contributed by atoms with Crippen molar-refractivity contribution in [3.05, 3.63) is 30.5 Å². The molecule has 0 aliphatic heterocycles. The molecule has 130 valence electrons. The molecular weight excluding hydrogens is 320 g/mol. The third-order valence-electron chi connectivity index (χ3n) is 3.51. The number of imidazole rings is 1. The number of ether oxygens (including phenoxy) is 1. The highest BCUT2D eigenvalue weighted by molar-refractivity contribution is 5.57. The molecule has 0 aromatic carbocycles. The maximum Gasteiger partial charge on any atom is 0.257 e. The number of methoxy groups -OCH3 is 1. The van der Waals surface area contributed by atoms with Crippen LogP contribution in [-0.4, -0.2) is 36.6 Å². The van der Waals surface area contributed by atoms with Crippen LogP contribution in [0.25, 0.3) is 17.2 Å². The molecular formula is C16H20N8O. The van der Waals surface area contributed by atoms with Gasteiger partial charge >= 0.3 is 0 Å². The van der Waals surface area contributed by atoms with Gasteiger partial charge in [0.05, 0.1) is 13.3 Å². The first kappa shape index (κ1) is 16.6. The van der Waals surface area contributed by atoms with Crippen molar-refractivity contribution in [2.24, 2.45) is 0 Å². The van der Waals surface area contributed by atoms with Gasteiger partial charge in [0.25, 0.3) is 5.88 Å². The highest BCUT2D eigenvalue weighted by atomic mass is 16.5. The van der Waals surface area contributed by atoms with E-state index in [2.05, 4.69) is 40.7 Å². The number of nitrogens with zero attached hydrogens (tertiary/aromatic N) is 6. The fraction of sp³-hybridized carbons (Fsp3) is 0.312. The van der Waals surface area contributed by atoms with Crippen LogP contribution in [-0.2, 0) is 5.41 Å².